The number of aromatic amines is 1. The molecule has 0 unspecified atom stereocenters. The molecular formula is C39H41N5O4S. The molecule has 0 spiro atoms. The summed E-state index contributed by atoms with van der Waals surface area (Å²) in [5.41, 5.74) is 6.74. The van der Waals surface area contributed by atoms with Crippen molar-refractivity contribution in [2.75, 3.05) is 50.1 Å². The van der Waals surface area contributed by atoms with E-state index in [1.807, 2.05) is 66.2 Å². The number of rotatable bonds is 9. The van der Waals surface area contributed by atoms with Gasteiger partial charge in [0.05, 0.1) is 18.9 Å². The van der Waals surface area contributed by atoms with Crippen molar-refractivity contribution in [2.24, 2.45) is 5.41 Å². The van der Waals surface area contributed by atoms with E-state index in [4.69, 9.17) is 9.47 Å². The minimum atomic E-state index is -0.448. The SMILES string of the molecule is COC(=O)c1ccc(N2CCN(CC3=C(c4cc(C(=O)Nc5ccccc5)cs4)CC(C)(C)CC3)CC2)cc1Oc1cnc2[nH]ccc2c1. The first-order valence-corrected chi connectivity index (χ1v) is 17.6. The van der Waals surface area contributed by atoms with Gasteiger partial charge in [0.15, 0.2) is 0 Å². The summed E-state index contributed by atoms with van der Waals surface area (Å²) in [6.45, 7) is 9.15. The fourth-order valence-corrected chi connectivity index (χ4v) is 7.70. The van der Waals surface area contributed by atoms with Crippen LogP contribution >= 0.6 is 11.3 Å². The van der Waals surface area contributed by atoms with Crippen LogP contribution in [0.5, 0.6) is 11.5 Å². The van der Waals surface area contributed by atoms with Gasteiger partial charge in [-0.3, -0.25) is 9.69 Å². The van der Waals surface area contributed by atoms with E-state index in [-0.39, 0.29) is 11.3 Å². The number of carbonyl (C=O) groups excluding carboxylic acids is 2. The molecule has 1 fully saturated rings. The molecular weight excluding hydrogens is 635 g/mol. The number of esters is 1. The van der Waals surface area contributed by atoms with Gasteiger partial charge in [-0.05, 0) is 72.7 Å². The lowest BCUT2D eigenvalue weighted by molar-refractivity contribution is 0.0597. The van der Waals surface area contributed by atoms with Crippen molar-refractivity contribution in [3.8, 4) is 11.5 Å². The second kappa shape index (κ2) is 13.9. The van der Waals surface area contributed by atoms with E-state index >= 15 is 0 Å². The number of nitrogens with zero attached hydrogens (tertiary/aromatic N) is 3. The maximum atomic E-state index is 13.0. The van der Waals surface area contributed by atoms with Crippen LogP contribution in [0.15, 0.2) is 90.1 Å². The maximum Gasteiger partial charge on any atom is 0.341 e. The number of pyridine rings is 1. The van der Waals surface area contributed by atoms with Crippen LogP contribution in [0.3, 0.4) is 0 Å². The lowest BCUT2D eigenvalue weighted by Crippen LogP contribution is -2.47. The van der Waals surface area contributed by atoms with Crippen molar-refractivity contribution in [2.45, 2.75) is 33.1 Å². The number of nitrogens with one attached hydrogen (secondary N) is 2. The molecule has 7 rings (SSSR count). The zero-order chi connectivity index (χ0) is 34.0. The lowest BCUT2D eigenvalue weighted by Gasteiger charge is -2.39. The summed E-state index contributed by atoms with van der Waals surface area (Å²) >= 11 is 1.67. The molecule has 1 amide bonds. The van der Waals surface area contributed by atoms with Gasteiger partial charge in [0.25, 0.3) is 5.91 Å². The summed E-state index contributed by atoms with van der Waals surface area (Å²) in [5.74, 6) is 0.467. The highest BCUT2D eigenvalue weighted by molar-refractivity contribution is 7.11. The smallest absolute Gasteiger partial charge is 0.341 e. The highest BCUT2D eigenvalue weighted by Gasteiger charge is 2.30. The molecule has 3 aromatic heterocycles. The van der Waals surface area contributed by atoms with E-state index in [1.54, 1.807) is 23.6 Å². The van der Waals surface area contributed by atoms with E-state index in [2.05, 4.69) is 45.0 Å². The fraction of sp³-hybridized carbons (Fsp3) is 0.308. The van der Waals surface area contributed by atoms with Gasteiger partial charge in [0.2, 0.25) is 0 Å². The van der Waals surface area contributed by atoms with E-state index in [1.165, 1.54) is 23.1 Å². The predicted molar refractivity (Wildman–Crippen MR) is 196 cm³/mol. The largest absolute Gasteiger partial charge is 0.465 e. The minimum absolute atomic E-state index is 0.0754. The fourth-order valence-electron chi connectivity index (χ4n) is 6.71. The molecule has 1 aliphatic carbocycles. The van der Waals surface area contributed by atoms with Crippen LogP contribution in [0, 0.1) is 5.41 Å². The number of ether oxygens (including phenoxy) is 2. The Bertz CT molecular complexity index is 2010. The van der Waals surface area contributed by atoms with Crippen LogP contribution in [0.4, 0.5) is 11.4 Å². The summed E-state index contributed by atoms with van der Waals surface area (Å²) in [5, 5.41) is 5.93. The van der Waals surface area contributed by atoms with E-state index in [0.717, 1.165) is 74.4 Å². The zero-order valence-corrected chi connectivity index (χ0v) is 28.9. The third-order valence-corrected chi connectivity index (χ3v) is 10.5. The Morgan fingerprint density at radius 2 is 1.84 bits per heavy atom. The molecule has 2 aromatic carbocycles. The van der Waals surface area contributed by atoms with Crippen LogP contribution < -0.4 is 15.0 Å². The molecule has 0 bridgehead atoms. The average Bonchev–Trinajstić information content (AvgIpc) is 3.80. The molecule has 9 nitrogen and oxygen atoms in total. The number of hydrogen-bond acceptors (Lipinski definition) is 8. The topological polar surface area (TPSA) is 99.8 Å². The number of hydrogen-bond donors (Lipinski definition) is 2. The number of carbonyl (C=O) groups is 2. The molecule has 252 valence electrons. The number of H-pyrrole nitrogens is 1. The van der Waals surface area contributed by atoms with Gasteiger partial charge in [-0.1, -0.05) is 37.6 Å². The zero-order valence-electron chi connectivity index (χ0n) is 28.1. The van der Waals surface area contributed by atoms with Gasteiger partial charge in [0.1, 0.15) is 22.7 Å². The number of fused-ring (bicyclic) bond motifs is 1. The van der Waals surface area contributed by atoms with Crippen LogP contribution in [0.2, 0.25) is 0 Å². The van der Waals surface area contributed by atoms with Crippen molar-refractivity contribution in [1.82, 2.24) is 14.9 Å². The number of amides is 1. The molecule has 2 N–H and O–H groups in total. The lowest BCUT2D eigenvalue weighted by atomic mass is 9.73. The highest BCUT2D eigenvalue weighted by Crippen LogP contribution is 2.45. The number of benzene rings is 2. The third-order valence-electron chi connectivity index (χ3n) is 9.50. The van der Waals surface area contributed by atoms with Crippen LogP contribution in [0.25, 0.3) is 16.6 Å². The molecule has 0 radical (unpaired) electrons. The van der Waals surface area contributed by atoms with Crippen molar-refractivity contribution in [1.29, 1.82) is 0 Å². The predicted octanol–water partition coefficient (Wildman–Crippen LogP) is 8.24. The quantitative estimate of drug-likeness (QED) is 0.152. The van der Waals surface area contributed by atoms with Gasteiger partial charge in [-0.15, -0.1) is 11.3 Å². The maximum absolute atomic E-state index is 13.0. The summed E-state index contributed by atoms with van der Waals surface area (Å²) in [6.07, 6.45) is 6.70. The summed E-state index contributed by atoms with van der Waals surface area (Å²) in [7, 11) is 1.38. The second-order valence-corrected chi connectivity index (χ2v) is 14.5. The Morgan fingerprint density at radius 3 is 2.63 bits per heavy atom. The molecule has 2 aliphatic rings. The molecule has 4 heterocycles. The van der Waals surface area contributed by atoms with Crippen LogP contribution in [0.1, 0.15) is 58.7 Å². The van der Waals surface area contributed by atoms with E-state index < -0.39 is 5.97 Å². The first kappa shape index (κ1) is 32.6. The number of thiophene rings is 1. The number of piperazine rings is 1. The standard InChI is InChI=1S/C39H41N5O4S/c1-39(2)13-11-27(33(22-39)35-20-28(25-49-35)37(45)42-29-7-5-4-6-8-29)24-43-15-17-44(18-16-43)30-9-10-32(38(46)47-3)34(21-30)48-31-19-26-12-14-40-36(26)41-23-31/h4-10,12,14,19-21,23,25H,11,13,15-18,22,24H2,1-3H3,(H,40,41)(H,42,45). The van der Waals surface area contributed by atoms with Gasteiger partial charge in [-0.2, -0.15) is 0 Å². The molecule has 5 aromatic rings. The summed E-state index contributed by atoms with van der Waals surface area (Å²) in [4.78, 5) is 39.3. The normalized spacial score (nSPS) is 16.5. The Hall–Kier alpha value is -4.93. The third kappa shape index (κ3) is 7.40. The Morgan fingerprint density at radius 1 is 1.02 bits per heavy atom. The van der Waals surface area contributed by atoms with Crippen molar-refractivity contribution in [3.63, 3.8) is 0 Å². The molecule has 0 atom stereocenters. The van der Waals surface area contributed by atoms with Gasteiger partial charge in [-0.25, -0.2) is 9.78 Å². The van der Waals surface area contributed by atoms with Crippen molar-refractivity contribution < 1.29 is 19.1 Å². The van der Waals surface area contributed by atoms with Crippen molar-refractivity contribution >= 4 is 51.2 Å². The van der Waals surface area contributed by atoms with E-state index in [0.29, 0.717) is 22.6 Å². The number of aromatic nitrogens is 2. The van der Waals surface area contributed by atoms with Gasteiger partial charge in [0, 0.05) is 72.0 Å². The minimum Gasteiger partial charge on any atom is -0.465 e. The number of methoxy groups -OCH3 is 1. The number of allylic oxidation sites excluding steroid dienone is 1. The number of para-hydroxylation sites is 1. The molecule has 49 heavy (non-hydrogen) atoms. The monoisotopic (exact) mass is 675 g/mol. The molecule has 1 saturated heterocycles. The summed E-state index contributed by atoms with van der Waals surface area (Å²) < 4.78 is 11.3. The molecule has 0 saturated carbocycles. The Kier molecular flexibility index (Phi) is 9.25. The van der Waals surface area contributed by atoms with Crippen molar-refractivity contribution in [3.05, 3.63) is 106 Å². The first-order chi connectivity index (χ1) is 23.7. The summed E-state index contributed by atoms with van der Waals surface area (Å²) in [6, 6.07) is 21.2. The first-order valence-electron chi connectivity index (χ1n) is 16.7. The Labute approximate surface area is 290 Å². The molecule has 1 aliphatic heterocycles. The van der Waals surface area contributed by atoms with Crippen LogP contribution in [-0.4, -0.2) is 66.6 Å². The van der Waals surface area contributed by atoms with Crippen LogP contribution in [-0.2, 0) is 4.74 Å². The van der Waals surface area contributed by atoms with Gasteiger partial charge >= 0.3 is 5.97 Å². The number of anilines is 2. The Balaban J connectivity index is 1.05. The molecule has 10 heteroatoms. The van der Waals surface area contributed by atoms with Gasteiger partial charge < -0.3 is 24.7 Å². The second-order valence-electron chi connectivity index (χ2n) is 13.6. The highest BCUT2D eigenvalue weighted by atomic mass is 32.1. The average molecular weight is 676 g/mol. The van der Waals surface area contributed by atoms with E-state index in [9.17, 15) is 9.59 Å².